The maximum atomic E-state index is 11.2. The molecule has 0 spiro atoms. The van der Waals surface area contributed by atoms with Crippen molar-refractivity contribution in [2.24, 2.45) is 0 Å². The molecule has 0 atom stereocenters. The molecule has 0 saturated carbocycles. The van der Waals surface area contributed by atoms with E-state index in [-0.39, 0.29) is 5.91 Å². The zero-order chi connectivity index (χ0) is 9.26. The van der Waals surface area contributed by atoms with Crippen molar-refractivity contribution in [1.82, 2.24) is 4.90 Å². The summed E-state index contributed by atoms with van der Waals surface area (Å²) in [6.07, 6.45) is 2.50. The van der Waals surface area contributed by atoms with E-state index in [4.69, 9.17) is 0 Å². The summed E-state index contributed by atoms with van der Waals surface area (Å²) in [5.74, 6) is 0.166. The maximum Gasteiger partial charge on any atom is 0.230 e. The van der Waals surface area contributed by atoms with E-state index in [1.54, 1.807) is 4.90 Å². The highest BCUT2D eigenvalue weighted by molar-refractivity contribution is 5.93. The minimum Gasteiger partial charge on any atom is -0.315 e. The van der Waals surface area contributed by atoms with Crippen LogP contribution in [-0.4, -0.2) is 17.9 Å². The summed E-state index contributed by atoms with van der Waals surface area (Å²) in [6, 6.07) is 9.96. The first-order valence-electron chi connectivity index (χ1n) is 4.31. The van der Waals surface area contributed by atoms with E-state index in [9.17, 15) is 4.79 Å². The first-order valence-corrected chi connectivity index (χ1v) is 4.31. The quantitative estimate of drug-likeness (QED) is 0.635. The molecule has 0 unspecified atom stereocenters. The Bertz CT molecular complexity index is 354. The van der Waals surface area contributed by atoms with Gasteiger partial charge in [-0.15, -0.1) is 0 Å². The van der Waals surface area contributed by atoms with E-state index in [1.807, 2.05) is 43.5 Å². The lowest BCUT2D eigenvalue weighted by Gasteiger charge is -2.13. The van der Waals surface area contributed by atoms with E-state index in [0.29, 0.717) is 6.42 Å². The van der Waals surface area contributed by atoms with Gasteiger partial charge < -0.3 is 4.90 Å². The van der Waals surface area contributed by atoms with Crippen LogP contribution in [0.3, 0.4) is 0 Å². The van der Waals surface area contributed by atoms with E-state index >= 15 is 0 Å². The molecule has 0 bridgehead atoms. The molecular formula is C11H11NO. The van der Waals surface area contributed by atoms with Gasteiger partial charge >= 0.3 is 0 Å². The largest absolute Gasteiger partial charge is 0.315 e. The Kier molecular flexibility index (Phi) is 1.89. The Balaban J connectivity index is 2.34. The van der Waals surface area contributed by atoms with E-state index in [0.717, 1.165) is 11.3 Å². The number of carbonyl (C=O) groups excluding carboxylic acids is 1. The van der Waals surface area contributed by atoms with Gasteiger partial charge in [0.1, 0.15) is 0 Å². The van der Waals surface area contributed by atoms with Crippen LogP contribution in [0.5, 0.6) is 0 Å². The van der Waals surface area contributed by atoms with Crippen molar-refractivity contribution in [3.63, 3.8) is 0 Å². The minimum atomic E-state index is 0.166. The summed E-state index contributed by atoms with van der Waals surface area (Å²) >= 11 is 0. The summed E-state index contributed by atoms with van der Waals surface area (Å²) in [7, 11) is 1.81. The molecule has 0 saturated heterocycles. The number of rotatable bonds is 1. The molecule has 0 aromatic heterocycles. The first-order chi connectivity index (χ1) is 6.29. The highest BCUT2D eigenvalue weighted by atomic mass is 16.2. The molecule has 1 amide bonds. The van der Waals surface area contributed by atoms with Crippen LogP contribution in [0.4, 0.5) is 0 Å². The molecule has 1 aromatic rings. The summed E-state index contributed by atoms with van der Waals surface area (Å²) < 4.78 is 0. The molecule has 1 heterocycles. The Labute approximate surface area is 77.5 Å². The molecule has 0 N–H and O–H groups in total. The van der Waals surface area contributed by atoms with Crippen LogP contribution in [0.1, 0.15) is 12.0 Å². The first kappa shape index (κ1) is 8.05. The predicted molar refractivity (Wildman–Crippen MR) is 51.8 cm³/mol. The fourth-order valence-electron chi connectivity index (χ4n) is 1.51. The van der Waals surface area contributed by atoms with Crippen LogP contribution in [0, 0.1) is 0 Å². The zero-order valence-electron chi connectivity index (χ0n) is 7.53. The molecule has 2 nitrogen and oxygen atoms in total. The summed E-state index contributed by atoms with van der Waals surface area (Å²) in [4.78, 5) is 12.9. The zero-order valence-corrected chi connectivity index (χ0v) is 7.53. The minimum absolute atomic E-state index is 0.166. The van der Waals surface area contributed by atoms with Crippen molar-refractivity contribution in [2.75, 3.05) is 7.05 Å². The molecule has 1 aromatic carbocycles. The molecule has 0 fully saturated rings. The number of amides is 1. The van der Waals surface area contributed by atoms with Gasteiger partial charge in [0.15, 0.2) is 0 Å². The van der Waals surface area contributed by atoms with Gasteiger partial charge in [-0.05, 0) is 5.56 Å². The maximum absolute atomic E-state index is 11.2. The van der Waals surface area contributed by atoms with Gasteiger partial charge in [-0.2, -0.15) is 0 Å². The molecule has 2 rings (SSSR count). The Morgan fingerprint density at radius 1 is 1.23 bits per heavy atom. The molecule has 1 aliphatic rings. The van der Waals surface area contributed by atoms with E-state index < -0.39 is 0 Å². The SMILES string of the molecule is CN1C(=O)CC=C1c1ccccc1. The van der Waals surface area contributed by atoms with Crippen LogP contribution in [0.15, 0.2) is 36.4 Å². The van der Waals surface area contributed by atoms with Gasteiger partial charge in [0.2, 0.25) is 5.91 Å². The third kappa shape index (κ3) is 1.35. The number of nitrogens with zero attached hydrogens (tertiary/aromatic N) is 1. The molecule has 66 valence electrons. The van der Waals surface area contributed by atoms with Crippen molar-refractivity contribution >= 4 is 11.6 Å². The molecule has 13 heavy (non-hydrogen) atoms. The summed E-state index contributed by atoms with van der Waals surface area (Å²) in [6.45, 7) is 0. The van der Waals surface area contributed by atoms with Gasteiger partial charge in [-0.25, -0.2) is 0 Å². The normalized spacial score (nSPS) is 16.2. The van der Waals surface area contributed by atoms with Crippen molar-refractivity contribution in [1.29, 1.82) is 0 Å². The van der Waals surface area contributed by atoms with Gasteiger partial charge in [0, 0.05) is 19.2 Å². The number of benzene rings is 1. The molecule has 0 radical (unpaired) electrons. The van der Waals surface area contributed by atoms with Gasteiger partial charge in [-0.1, -0.05) is 36.4 Å². The van der Waals surface area contributed by atoms with Crippen molar-refractivity contribution in [3.05, 3.63) is 42.0 Å². The smallest absolute Gasteiger partial charge is 0.230 e. The third-order valence-corrected chi connectivity index (χ3v) is 2.28. The lowest BCUT2D eigenvalue weighted by Crippen LogP contribution is -2.18. The molecule has 2 heteroatoms. The van der Waals surface area contributed by atoms with Crippen molar-refractivity contribution in [2.45, 2.75) is 6.42 Å². The van der Waals surface area contributed by atoms with Gasteiger partial charge in [0.25, 0.3) is 0 Å². The lowest BCUT2D eigenvalue weighted by atomic mass is 10.1. The number of hydrogen-bond donors (Lipinski definition) is 0. The molecule has 0 aliphatic carbocycles. The van der Waals surface area contributed by atoms with Crippen LogP contribution in [0.2, 0.25) is 0 Å². The average Bonchev–Trinajstić information content (AvgIpc) is 2.49. The standard InChI is InChI=1S/C11H11NO/c1-12-10(7-8-11(12)13)9-5-3-2-4-6-9/h2-7H,8H2,1H3. The fraction of sp³-hybridized carbons (Fsp3) is 0.182. The fourth-order valence-corrected chi connectivity index (χ4v) is 1.51. The second kappa shape index (κ2) is 3.05. The molecule has 1 aliphatic heterocycles. The van der Waals surface area contributed by atoms with Crippen LogP contribution >= 0.6 is 0 Å². The summed E-state index contributed by atoms with van der Waals surface area (Å²) in [5, 5.41) is 0. The number of carbonyl (C=O) groups is 1. The van der Waals surface area contributed by atoms with Crippen molar-refractivity contribution < 1.29 is 4.79 Å². The highest BCUT2D eigenvalue weighted by Crippen LogP contribution is 2.23. The number of hydrogen-bond acceptors (Lipinski definition) is 1. The average molecular weight is 173 g/mol. The van der Waals surface area contributed by atoms with Gasteiger partial charge in [-0.3, -0.25) is 4.79 Å². The van der Waals surface area contributed by atoms with E-state index in [1.165, 1.54) is 0 Å². The van der Waals surface area contributed by atoms with E-state index in [2.05, 4.69) is 0 Å². The molecular weight excluding hydrogens is 162 g/mol. The van der Waals surface area contributed by atoms with Crippen LogP contribution in [0.25, 0.3) is 5.70 Å². The highest BCUT2D eigenvalue weighted by Gasteiger charge is 2.19. The third-order valence-electron chi connectivity index (χ3n) is 2.28. The Morgan fingerprint density at radius 2 is 1.92 bits per heavy atom. The monoisotopic (exact) mass is 173 g/mol. The summed E-state index contributed by atoms with van der Waals surface area (Å²) in [5.41, 5.74) is 2.13. The predicted octanol–water partition coefficient (Wildman–Crippen LogP) is 1.89. The second-order valence-electron chi connectivity index (χ2n) is 3.11. The lowest BCUT2D eigenvalue weighted by molar-refractivity contribution is -0.125. The van der Waals surface area contributed by atoms with Crippen LogP contribution in [-0.2, 0) is 4.79 Å². The topological polar surface area (TPSA) is 20.3 Å². The van der Waals surface area contributed by atoms with Crippen molar-refractivity contribution in [3.8, 4) is 0 Å². The second-order valence-corrected chi connectivity index (χ2v) is 3.11. The van der Waals surface area contributed by atoms with Crippen LogP contribution < -0.4 is 0 Å². The Hall–Kier alpha value is -1.57. The Morgan fingerprint density at radius 3 is 2.46 bits per heavy atom. The van der Waals surface area contributed by atoms with Gasteiger partial charge in [0.05, 0.1) is 0 Å².